The first-order chi connectivity index (χ1) is 9.08. The molecule has 104 valence electrons. The number of nitrogens with one attached hydrogen (secondary N) is 1. The number of likely N-dealkylation sites (N-methyl/N-ethyl adjacent to an activating group) is 1. The Morgan fingerprint density at radius 2 is 2.11 bits per heavy atom. The van der Waals surface area contributed by atoms with Gasteiger partial charge in [0.1, 0.15) is 0 Å². The lowest BCUT2D eigenvalue weighted by Gasteiger charge is -2.20. The van der Waals surface area contributed by atoms with Crippen LogP contribution in [-0.4, -0.2) is 46.8 Å². The molecule has 2 amide bonds. The van der Waals surface area contributed by atoms with Gasteiger partial charge in [-0.25, -0.2) is 9.59 Å². The van der Waals surface area contributed by atoms with Crippen LogP contribution in [0.3, 0.4) is 0 Å². The monoisotopic (exact) mass is 266 g/mol. The van der Waals surface area contributed by atoms with Gasteiger partial charge < -0.3 is 20.4 Å². The zero-order valence-electron chi connectivity index (χ0n) is 10.8. The van der Waals surface area contributed by atoms with E-state index in [0.717, 1.165) is 0 Å². The Balaban J connectivity index is 2.58. The standard InChI is InChI=1S/C13H18N2O4/c1-2-15(6-7-16)13(19)14-9-10-4-3-5-11(8-10)12(17)18/h3-5,8,16H,2,6-7,9H2,1H3,(H,14,19)(H,17,18). The van der Waals surface area contributed by atoms with E-state index in [4.69, 9.17) is 10.2 Å². The maximum atomic E-state index is 11.7. The lowest BCUT2D eigenvalue weighted by Crippen LogP contribution is -2.41. The normalized spacial score (nSPS) is 10.0. The summed E-state index contributed by atoms with van der Waals surface area (Å²) in [6.45, 7) is 2.76. The van der Waals surface area contributed by atoms with E-state index in [1.54, 1.807) is 12.1 Å². The molecule has 6 nitrogen and oxygen atoms in total. The number of aliphatic hydroxyl groups is 1. The molecule has 0 heterocycles. The molecule has 3 N–H and O–H groups in total. The summed E-state index contributed by atoms with van der Waals surface area (Å²) in [7, 11) is 0. The summed E-state index contributed by atoms with van der Waals surface area (Å²) in [5, 5.41) is 20.4. The van der Waals surface area contributed by atoms with Crippen LogP contribution in [0.1, 0.15) is 22.8 Å². The van der Waals surface area contributed by atoms with Crippen LogP contribution in [0.25, 0.3) is 0 Å². The van der Waals surface area contributed by atoms with Crippen molar-refractivity contribution in [2.45, 2.75) is 13.5 Å². The van der Waals surface area contributed by atoms with Crippen molar-refractivity contribution in [3.63, 3.8) is 0 Å². The lowest BCUT2D eigenvalue weighted by molar-refractivity contribution is 0.0696. The van der Waals surface area contributed by atoms with Gasteiger partial charge in [0.25, 0.3) is 0 Å². The number of carboxylic acid groups (broad SMARTS) is 1. The van der Waals surface area contributed by atoms with Gasteiger partial charge in [-0.05, 0) is 24.6 Å². The Hall–Kier alpha value is -2.08. The van der Waals surface area contributed by atoms with Gasteiger partial charge in [0.05, 0.1) is 12.2 Å². The largest absolute Gasteiger partial charge is 0.478 e. The second-order valence-corrected chi connectivity index (χ2v) is 3.97. The zero-order chi connectivity index (χ0) is 14.3. The molecule has 0 radical (unpaired) electrons. The summed E-state index contributed by atoms with van der Waals surface area (Å²) in [6.07, 6.45) is 0. The molecule has 1 rings (SSSR count). The Morgan fingerprint density at radius 1 is 1.37 bits per heavy atom. The average molecular weight is 266 g/mol. The lowest BCUT2D eigenvalue weighted by atomic mass is 10.1. The van der Waals surface area contributed by atoms with Crippen LogP contribution in [0, 0.1) is 0 Å². The molecule has 0 unspecified atom stereocenters. The predicted octanol–water partition coefficient (Wildman–Crippen LogP) is 0.909. The van der Waals surface area contributed by atoms with Crippen LogP contribution < -0.4 is 5.32 Å². The SMILES string of the molecule is CCN(CCO)C(=O)NCc1cccc(C(=O)O)c1. The number of rotatable bonds is 6. The molecular formula is C13H18N2O4. The van der Waals surface area contributed by atoms with Gasteiger partial charge in [-0.15, -0.1) is 0 Å². The number of aliphatic hydroxyl groups excluding tert-OH is 1. The number of aromatic carboxylic acids is 1. The van der Waals surface area contributed by atoms with Gasteiger partial charge in [-0.3, -0.25) is 0 Å². The molecule has 0 aromatic heterocycles. The summed E-state index contributed by atoms with van der Waals surface area (Å²) in [5.74, 6) is -0.997. The Kier molecular flexibility index (Phi) is 5.81. The van der Waals surface area contributed by atoms with Crippen LogP contribution in [-0.2, 0) is 6.54 Å². The Morgan fingerprint density at radius 3 is 2.68 bits per heavy atom. The van der Waals surface area contributed by atoms with Crippen LogP contribution in [0.5, 0.6) is 0 Å². The minimum Gasteiger partial charge on any atom is -0.478 e. The summed E-state index contributed by atoms with van der Waals surface area (Å²) in [4.78, 5) is 24.0. The fraction of sp³-hybridized carbons (Fsp3) is 0.385. The first-order valence-corrected chi connectivity index (χ1v) is 6.04. The highest BCUT2D eigenvalue weighted by Gasteiger charge is 2.10. The minimum absolute atomic E-state index is 0.0875. The average Bonchev–Trinajstić information content (AvgIpc) is 2.42. The molecule has 0 fully saturated rings. The first kappa shape index (κ1) is 15.0. The van der Waals surface area contributed by atoms with Crippen LogP contribution >= 0.6 is 0 Å². The third-order valence-electron chi connectivity index (χ3n) is 2.66. The van der Waals surface area contributed by atoms with E-state index in [1.807, 2.05) is 6.92 Å². The number of carbonyl (C=O) groups is 2. The van der Waals surface area contributed by atoms with Crippen molar-refractivity contribution in [3.8, 4) is 0 Å². The minimum atomic E-state index is -0.997. The van der Waals surface area contributed by atoms with Gasteiger partial charge in [-0.2, -0.15) is 0 Å². The summed E-state index contributed by atoms with van der Waals surface area (Å²) >= 11 is 0. The molecule has 0 bridgehead atoms. The molecule has 0 aliphatic rings. The van der Waals surface area contributed by atoms with Gasteiger partial charge in [0.15, 0.2) is 0 Å². The number of hydrogen-bond donors (Lipinski definition) is 3. The smallest absolute Gasteiger partial charge is 0.335 e. The quantitative estimate of drug-likeness (QED) is 0.714. The van der Waals surface area contributed by atoms with E-state index in [2.05, 4.69) is 5.32 Å². The third kappa shape index (κ3) is 4.59. The molecule has 0 aliphatic carbocycles. The van der Waals surface area contributed by atoms with Crippen molar-refractivity contribution in [1.82, 2.24) is 10.2 Å². The number of urea groups is 1. The molecule has 0 spiro atoms. The number of benzene rings is 1. The highest BCUT2D eigenvalue weighted by molar-refractivity contribution is 5.87. The van der Waals surface area contributed by atoms with E-state index in [-0.39, 0.29) is 31.3 Å². The molecular weight excluding hydrogens is 248 g/mol. The van der Waals surface area contributed by atoms with E-state index >= 15 is 0 Å². The molecule has 0 saturated heterocycles. The van der Waals surface area contributed by atoms with E-state index in [0.29, 0.717) is 12.1 Å². The van der Waals surface area contributed by atoms with Crippen molar-refractivity contribution in [2.75, 3.05) is 19.7 Å². The fourth-order valence-corrected chi connectivity index (χ4v) is 1.63. The number of carboxylic acids is 1. The van der Waals surface area contributed by atoms with Crippen LogP contribution in [0.15, 0.2) is 24.3 Å². The highest BCUT2D eigenvalue weighted by atomic mass is 16.4. The third-order valence-corrected chi connectivity index (χ3v) is 2.66. The second kappa shape index (κ2) is 7.38. The van der Waals surface area contributed by atoms with E-state index in [9.17, 15) is 9.59 Å². The van der Waals surface area contributed by atoms with Crippen molar-refractivity contribution in [3.05, 3.63) is 35.4 Å². The number of hydrogen-bond acceptors (Lipinski definition) is 3. The number of nitrogens with zero attached hydrogens (tertiary/aromatic N) is 1. The molecule has 0 aliphatic heterocycles. The Labute approximate surface area is 111 Å². The molecule has 19 heavy (non-hydrogen) atoms. The number of carbonyl (C=O) groups excluding carboxylic acids is 1. The molecule has 6 heteroatoms. The summed E-state index contributed by atoms with van der Waals surface area (Å²) < 4.78 is 0. The van der Waals surface area contributed by atoms with Crippen LogP contribution in [0.2, 0.25) is 0 Å². The Bertz CT molecular complexity index is 448. The maximum absolute atomic E-state index is 11.7. The number of amides is 2. The summed E-state index contributed by atoms with van der Waals surface area (Å²) in [6, 6.07) is 6.12. The van der Waals surface area contributed by atoms with Crippen molar-refractivity contribution >= 4 is 12.0 Å². The van der Waals surface area contributed by atoms with Gasteiger partial charge in [-0.1, -0.05) is 12.1 Å². The predicted molar refractivity (Wildman–Crippen MR) is 70.0 cm³/mol. The van der Waals surface area contributed by atoms with Crippen molar-refractivity contribution < 1.29 is 19.8 Å². The molecule has 1 aromatic rings. The van der Waals surface area contributed by atoms with E-state index in [1.165, 1.54) is 17.0 Å². The molecule has 0 saturated carbocycles. The molecule has 1 aromatic carbocycles. The highest BCUT2D eigenvalue weighted by Crippen LogP contribution is 2.05. The maximum Gasteiger partial charge on any atom is 0.335 e. The van der Waals surface area contributed by atoms with Gasteiger partial charge >= 0.3 is 12.0 Å². The summed E-state index contributed by atoms with van der Waals surface area (Å²) in [5.41, 5.74) is 0.905. The van der Waals surface area contributed by atoms with Gasteiger partial charge in [0.2, 0.25) is 0 Å². The fourth-order valence-electron chi connectivity index (χ4n) is 1.63. The van der Waals surface area contributed by atoms with Crippen molar-refractivity contribution in [2.24, 2.45) is 0 Å². The van der Waals surface area contributed by atoms with Gasteiger partial charge in [0, 0.05) is 19.6 Å². The van der Waals surface area contributed by atoms with Crippen LogP contribution in [0.4, 0.5) is 4.79 Å². The first-order valence-electron chi connectivity index (χ1n) is 6.04. The molecule has 0 atom stereocenters. The zero-order valence-corrected chi connectivity index (χ0v) is 10.8. The van der Waals surface area contributed by atoms with Crippen molar-refractivity contribution in [1.29, 1.82) is 0 Å². The second-order valence-electron chi connectivity index (χ2n) is 3.97. The topological polar surface area (TPSA) is 89.9 Å². The van der Waals surface area contributed by atoms with E-state index < -0.39 is 5.97 Å².